The third-order valence-electron chi connectivity index (χ3n) is 5.68. The highest BCUT2D eigenvalue weighted by Gasteiger charge is 2.38. The first kappa shape index (κ1) is 18.0. The summed E-state index contributed by atoms with van der Waals surface area (Å²) in [6.07, 6.45) is 10.2. The smallest absolute Gasteiger partial charge is 0.123 e. The van der Waals surface area contributed by atoms with Crippen LogP contribution in [-0.2, 0) is 4.79 Å². The Morgan fingerprint density at radius 2 is 1.91 bits per heavy atom. The Hall–Kier alpha value is -1.31. The first-order valence-corrected chi connectivity index (χ1v) is 9.30. The molecule has 0 aliphatic heterocycles. The Morgan fingerprint density at radius 3 is 2.30 bits per heavy atom. The molecule has 128 valence electrons. The standard InChI is InChI=1S/C13H20O.C8H12O/c1-4-6-11(5-2)12-7-9-13(14-3)10-8-12;9-5-8-4-6-1-2-7(8)3-6/h7-11H,4-6H2,1-3H3;5-8H,1-4H2. The zero-order chi connectivity index (χ0) is 16.7. The molecule has 0 amide bonds. The van der Waals surface area contributed by atoms with Gasteiger partial charge in [-0.2, -0.15) is 0 Å². The van der Waals surface area contributed by atoms with Crippen molar-refractivity contribution >= 4 is 6.29 Å². The summed E-state index contributed by atoms with van der Waals surface area (Å²) < 4.78 is 5.14. The number of hydrogen-bond donors (Lipinski definition) is 0. The molecule has 2 fully saturated rings. The quantitative estimate of drug-likeness (QED) is 0.638. The molecule has 0 saturated heterocycles. The van der Waals surface area contributed by atoms with Crippen molar-refractivity contribution in [3.05, 3.63) is 29.8 Å². The number of fused-ring (bicyclic) bond motifs is 2. The summed E-state index contributed by atoms with van der Waals surface area (Å²) in [7, 11) is 1.71. The van der Waals surface area contributed by atoms with E-state index in [2.05, 4.69) is 26.0 Å². The van der Waals surface area contributed by atoms with Crippen molar-refractivity contribution in [1.29, 1.82) is 0 Å². The fourth-order valence-corrected chi connectivity index (χ4v) is 4.29. The number of carbonyl (C=O) groups is 1. The van der Waals surface area contributed by atoms with E-state index in [9.17, 15) is 4.79 Å². The Morgan fingerprint density at radius 1 is 1.17 bits per heavy atom. The van der Waals surface area contributed by atoms with E-state index in [4.69, 9.17) is 4.74 Å². The van der Waals surface area contributed by atoms with Gasteiger partial charge in [0.15, 0.2) is 0 Å². The number of carbonyl (C=O) groups excluding carboxylic acids is 1. The van der Waals surface area contributed by atoms with Crippen molar-refractivity contribution < 1.29 is 9.53 Å². The molecule has 2 bridgehead atoms. The highest BCUT2D eigenvalue weighted by molar-refractivity contribution is 5.55. The summed E-state index contributed by atoms with van der Waals surface area (Å²) in [6.45, 7) is 4.50. The summed E-state index contributed by atoms with van der Waals surface area (Å²) in [6, 6.07) is 8.46. The maximum atomic E-state index is 10.4. The van der Waals surface area contributed by atoms with E-state index < -0.39 is 0 Å². The fraction of sp³-hybridized carbons (Fsp3) is 0.667. The zero-order valence-corrected chi connectivity index (χ0v) is 15.0. The summed E-state index contributed by atoms with van der Waals surface area (Å²) >= 11 is 0. The van der Waals surface area contributed by atoms with Gasteiger partial charge in [-0.05, 0) is 67.6 Å². The lowest BCUT2D eigenvalue weighted by atomic mass is 9.90. The molecular weight excluding hydrogens is 284 g/mol. The molecule has 2 saturated carbocycles. The first-order valence-electron chi connectivity index (χ1n) is 9.30. The maximum Gasteiger partial charge on any atom is 0.123 e. The molecule has 1 aromatic rings. The SMILES string of the molecule is CCCC(CC)c1ccc(OC)cc1.O=CC1CC2CCC1C2. The van der Waals surface area contributed by atoms with Gasteiger partial charge in [0, 0.05) is 5.92 Å². The molecule has 2 aliphatic rings. The zero-order valence-electron chi connectivity index (χ0n) is 15.0. The lowest BCUT2D eigenvalue weighted by Gasteiger charge is -2.14. The molecular formula is C21H32O2. The molecule has 0 spiro atoms. The Kier molecular flexibility index (Phi) is 7.14. The maximum absolute atomic E-state index is 10.4. The van der Waals surface area contributed by atoms with Gasteiger partial charge in [0.2, 0.25) is 0 Å². The van der Waals surface area contributed by atoms with Crippen LogP contribution in [0, 0.1) is 17.8 Å². The lowest BCUT2D eigenvalue weighted by molar-refractivity contribution is -0.112. The topological polar surface area (TPSA) is 26.3 Å². The fourth-order valence-electron chi connectivity index (χ4n) is 4.29. The molecule has 1 aromatic carbocycles. The van der Waals surface area contributed by atoms with Gasteiger partial charge in [0.1, 0.15) is 12.0 Å². The highest BCUT2D eigenvalue weighted by Crippen LogP contribution is 2.47. The van der Waals surface area contributed by atoms with E-state index in [1.807, 2.05) is 12.1 Å². The number of benzene rings is 1. The second kappa shape index (κ2) is 9.10. The van der Waals surface area contributed by atoms with Gasteiger partial charge in [0.05, 0.1) is 7.11 Å². The summed E-state index contributed by atoms with van der Waals surface area (Å²) in [4.78, 5) is 10.4. The Balaban J connectivity index is 0.000000182. The van der Waals surface area contributed by atoms with Crippen molar-refractivity contribution in [3.8, 4) is 5.75 Å². The van der Waals surface area contributed by atoms with E-state index in [0.29, 0.717) is 11.8 Å². The van der Waals surface area contributed by atoms with Crippen molar-refractivity contribution in [1.82, 2.24) is 0 Å². The monoisotopic (exact) mass is 316 g/mol. The van der Waals surface area contributed by atoms with Gasteiger partial charge < -0.3 is 9.53 Å². The largest absolute Gasteiger partial charge is 0.497 e. The Labute approximate surface area is 141 Å². The average molecular weight is 316 g/mol. The van der Waals surface area contributed by atoms with E-state index in [0.717, 1.165) is 17.6 Å². The normalized spacial score (nSPS) is 26.3. The van der Waals surface area contributed by atoms with E-state index in [-0.39, 0.29) is 0 Å². The average Bonchev–Trinajstić information content (AvgIpc) is 3.23. The van der Waals surface area contributed by atoms with E-state index in [1.165, 1.54) is 56.8 Å². The summed E-state index contributed by atoms with van der Waals surface area (Å²) in [5.74, 6) is 3.81. The Bertz CT molecular complexity index is 465. The van der Waals surface area contributed by atoms with Crippen LogP contribution in [0.5, 0.6) is 5.75 Å². The number of aldehydes is 1. The molecule has 0 radical (unpaired) electrons. The molecule has 4 atom stereocenters. The minimum absolute atomic E-state index is 0.448. The molecule has 3 rings (SSSR count). The van der Waals surface area contributed by atoms with Crippen LogP contribution >= 0.6 is 0 Å². The van der Waals surface area contributed by atoms with Crippen molar-refractivity contribution in [2.75, 3.05) is 7.11 Å². The van der Waals surface area contributed by atoms with Gasteiger partial charge in [0.25, 0.3) is 0 Å². The third-order valence-corrected chi connectivity index (χ3v) is 5.68. The first-order chi connectivity index (χ1) is 11.2. The number of methoxy groups -OCH3 is 1. The molecule has 2 nitrogen and oxygen atoms in total. The summed E-state index contributed by atoms with van der Waals surface area (Å²) in [5, 5.41) is 0. The second-order valence-corrected chi connectivity index (χ2v) is 7.14. The summed E-state index contributed by atoms with van der Waals surface area (Å²) in [5.41, 5.74) is 1.44. The molecule has 23 heavy (non-hydrogen) atoms. The molecule has 2 aliphatic carbocycles. The van der Waals surface area contributed by atoms with Gasteiger partial charge in [-0.3, -0.25) is 0 Å². The van der Waals surface area contributed by atoms with Gasteiger partial charge in [-0.1, -0.05) is 38.8 Å². The molecule has 0 aromatic heterocycles. The lowest BCUT2D eigenvalue weighted by Crippen LogP contribution is -2.10. The minimum Gasteiger partial charge on any atom is -0.497 e. The third kappa shape index (κ3) is 4.83. The van der Waals surface area contributed by atoms with Crippen molar-refractivity contribution in [3.63, 3.8) is 0 Å². The van der Waals surface area contributed by atoms with Crippen LogP contribution < -0.4 is 4.74 Å². The second-order valence-electron chi connectivity index (χ2n) is 7.14. The highest BCUT2D eigenvalue weighted by atomic mass is 16.5. The van der Waals surface area contributed by atoms with Crippen LogP contribution in [0.25, 0.3) is 0 Å². The van der Waals surface area contributed by atoms with Gasteiger partial charge >= 0.3 is 0 Å². The van der Waals surface area contributed by atoms with Crippen LogP contribution in [0.4, 0.5) is 0 Å². The molecule has 2 heteroatoms. The van der Waals surface area contributed by atoms with Crippen LogP contribution in [0.2, 0.25) is 0 Å². The van der Waals surface area contributed by atoms with Crippen LogP contribution in [-0.4, -0.2) is 13.4 Å². The van der Waals surface area contributed by atoms with Crippen molar-refractivity contribution in [2.45, 2.75) is 64.7 Å². The van der Waals surface area contributed by atoms with Gasteiger partial charge in [-0.15, -0.1) is 0 Å². The number of hydrogen-bond acceptors (Lipinski definition) is 2. The van der Waals surface area contributed by atoms with Crippen LogP contribution in [0.1, 0.15) is 70.3 Å². The molecule has 4 unspecified atom stereocenters. The predicted molar refractivity (Wildman–Crippen MR) is 95.9 cm³/mol. The van der Waals surface area contributed by atoms with Crippen LogP contribution in [0.15, 0.2) is 24.3 Å². The van der Waals surface area contributed by atoms with Gasteiger partial charge in [-0.25, -0.2) is 0 Å². The number of rotatable bonds is 6. The minimum atomic E-state index is 0.448. The predicted octanol–water partition coefficient (Wildman–Crippen LogP) is 5.61. The van der Waals surface area contributed by atoms with Crippen LogP contribution in [0.3, 0.4) is 0 Å². The molecule has 0 heterocycles. The van der Waals surface area contributed by atoms with E-state index >= 15 is 0 Å². The van der Waals surface area contributed by atoms with E-state index in [1.54, 1.807) is 7.11 Å². The van der Waals surface area contributed by atoms with Crippen molar-refractivity contribution in [2.24, 2.45) is 17.8 Å². The number of ether oxygens (including phenoxy) is 1. The molecule has 0 N–H and O–H groups in total.